The Morgan fingerprint density at radius 1 is 1.46 bits per heavy atom. The molecule has 1 saturated heterocycles. The van der Waals surface area contributed by atoms with E-state index in [1.807, 2.05) is 18.0 Å². The van der Waals surface area contributed by atoms with Crippen LogP contribution >= 0.6 is 11.6 Å². The second-order valence-electron chi connectivity index (χ2n) is 6.17. The van der Waals surface area contributed by atoms with Crippen molar-refractivity contribution in [3.63, 3.8) is 0 Å². The van der Waals surface area contributed by atoms with Gasteiger partial charge < -0.3 is 14.5 Å². The van der Waals surface area contributed by atoms with E-state index in [0.717, 1.165) is 38.1 Å². The van der Waals surface area contributed by atoms with Crippen LogP contribution in [0.5, 0.6) is 0 Å². The zero-order valence-electron chi connectivity index (χ0n) is 13.7. The second kappa shape index (κ2) is 7.21. The molecule has 128 valence electrons. The second-order valence-corrected chi connectivity index (χ2v) is 6.60. The Kier molecular flexibility index (Phi) is 5.04. The Bertz CT molecular complexity index is 783. The number of carbonyl (C=O) groups is 1. The SMILES string of the molecule is Cc1nccn1CC[C@@H]1CCCCN1C(=O)c1cc(Cl)c[nH]c1=O. The maximum Gasteiger partial charge on any atom is 0.260 e. The molecule has 7 heteroatoms. The lowest BCUT2D eigenvalue weighted by atomic mass is 9.98. The summed E-state index contributed by atoms with van der Waals surface area (Å²) in [6.45, 7) is 3.46. The summed E-state index contributed by atoms with van der Waals surface area (Å²) < 4.78 is 2.09. The monoisotopic (exact) mass is 348 g/mol. The number of likely N-dealkylation sites (tertiary alicyclic amines) is 1. The van der Waals surface area contributed by atoms with E-state index in [4.69, 9.17) is 11.6 Å². The number of piperidine rings is 1. The van der Waals surface area contributed by atoms with Gasteiger partial charge in [0.1, 0.15) is 11.4 Å². The summed E-state index contributed by atoms with van der Waals surface area (Å²) in [5.41, 5.74) is -0.271. The third kappa shape index (κ3) is 3.53. The first-order chi connectivity index (χ1) is 11.6. The zero-order valence-corrected chi connectivity index (χ0v) is 14.4. The van der Waals surface area contributed by atoms with Gasteiger partial charge in [-0.25, -0.2) is 4.98 Å². The van der Waals surface area contributed by atoms with Crippen LogP contribution in [0, 0.1) is 6.92 Å². The summed E-state index contributed by atoms with van der Waals surface area (Å²) >= 11 is 5.93. The van der Waals surface area contributed by atoms with Crippen molar-refractivity contribution < 1.29 is 4.79 Å². The third-order valence-electron chi connectivity index (χ3n) is 4.61. The molecule has 0 saturated carbocycles. The first-order valence-electron chi connectivity index (χ1n) is 8.23. The molecule has 0 aliphatic carbocycles. The number of hydrogen-bond acceptors (Lipinski definition) is 3. The standard InChI is InChI=1S/C17H21ClN4O2/c1-12-19-6-9-21(12)8-5-14-4-2-3-7-22(14)17(24)15-10-13(18)11-20-16(15)23/h6,9-11,14H,2-5,7-8H2,1H3,(H,20,23)/t14-/m0/s1. The highest BCUT2D eigenvalue weighted by Crippen LogP contribution is 2.22. The van der Waals surface area contributed by atoms with Crippen molar-refractivity contribution in [3.05, 3.63) is 51.4 Å². The van der Waals surface area contributed by atoms with Gasteiger partial charge >= 0.3 is 0 Å². The number of carbonyl (C=O) groups excluding carboxylic acids is 1. The molecular weight excluding hydrogens is 328 g/mol. The number of aromatic nitrogens is 3. The lowest BCUT2D eigenvalue weighted by Gasteiger charge is -2.36. The molecule has 2 aromatic rings. The van der Waals surface area contributed by atoms with E-state index < -0.39 is 0 Å². The molecule has 24 heavy (non-hydrogen) atoms. The average Bonchev–Trinajstić information content (AvgIpc) is 3.00. The minimum atomic E-state index is -0.390. The lowest BCUT2D eigenvalue weighted by molar-refractivity contribution is 0.0593. The van der Waals surface area contributed by atoms with Crippen molar-refractivity contribution in [2.75, 3.05) is 6.54 Å². The molecule has 1 fully saturated rings. The molecule has 1 aliphatic heterocycles. The Morgan fingerprint density at radius 3 is 3.04 bits per heavy atom. The van der Waals surface area contributed by atoms with E-state index in [0.29, 0.717) is 11.6 Å². The predicted molar refractivity (Wildman–Crippen MR) is 92.3 cm³/mol. The molecule has 1 aliphatic rings. The molecule has 0 bridgehead atoms. The molecule has 3 rings (SSSR count). The molecule has 6 nitrogen and oxygen atoms in total. The topological polar surface area (TPSA) is 71.0 Å². The Balaban J connectivity index is 1.76. The van der Waals surface area contributed by atoms with Gasteiger partial charge in [-0.15, -0.1) is 0 Å². The fourth-order valence-electron chi connectivity index (χ4n) is 3.27. The van der Waals surface area contributed by atoms with Crippen LogP contribution in [0.4, 0.5) is 0 Å². The molecular formula is C17H21ClN4O2. The van der Waals surface area contributed by atoms with Gasteiger partial charge in [0.25, 0.3) is 11.5 Å². The minimum absolute atomic E-state index is 0.119. The quantitative estimate of drug-likeness (QED) is 0.923. The fourth-order valence-corrected chi connectivity index (χ4v) is 3.43. The summed E-state index contributed by atoms with van der Waals surface area (Å²) in [5, 5.41) is 0.362. The van der Waals surface area contributed by atoms with E-state index in [9.17, 15) is 9.59 Å². The maximum atomic E-state index is 12.8. The summed E-state index contributed by atoms with van der Waals surface area (Å²) in [6.07, 6.45) is 9.00. The highest BCUT2D eigenvalue weighted by atomic mass is 35.5. The van der Waals surface area contributed by atoms with E-state index in [2.05, 4.69) is 14.5 Å². The Labute approximate surface area is 145 Å². The van der Waals surface area contributed by atoms with Crippen LogP contribution in [0.15, 0.2) is 29.5 Å². The zero-order chi connectivity index (χ0) is 17.1. The lowest BCUT2D eigenvalue weighted by Crippen LogP contribution is -2.45. The average molecular weight is 349 g/mol. The van der Waals surface area contributed by atoms with Crippen LogP contribution in [0.1, 0.15) is 41.9 Å². The summed E-state index contributed by atoms with van der Waals surface area (Å²) in [4.78, 5) is 33.4. The van der Waals surface area contributed by atoms with Crippen molar-refractivity contribution in [2.24, 2.45) is 0 Å². The summed E-state index contributed by atoms with van der Waals surface area (Å²) in [5.74, 6) is 0.737. The largest absolute Gasteiger partial charge is 0.335 e. The van der Waals surface area contributed by atoms with E-state index in [-0.39, 0.29) is 23.1 Å². The predicted octanol–water partition coefficient (Wildman–Crippen LogP) is 2.62. The first-order valence-corrected chi connectivity index (χ1v) is 8.61. The molecule has 0 aromatic carbocycles. The molecule has 0 unspecified atom stereocenters. The van der Waals surface area contributed by atoms with Crippen molar-refractivity contribution in [1.82, 2.24) is 19.4 Å². The normalized spacial score (nSPS) is 17.9. The van der Waals surface area contributed by atoms with Crippen molar-refractivity contribution in [1.29, 1.82) is 0 Å². The van der Waals surface area contributed by atoms with Crippen LogP contribution in [0.3, 0.4) is 0 Å². The van der Waals surface area contributed by atoms with Crippen LogP contribution in [-0.4, -0.2) is 37.9 Å². The van der Waals surface area contributed by atoms with Crippen LogP contribution < -0.4 is 5.56 Å². The Hall–Kier alpha value is -2.08. The molecule has 0 spiro atoms. The molecule has 2 aromatic heterocycles. The van der Waals surface area contributed by atoms with Gasteiger partial charge in [0.2, 0.25) is 0 Å². The molecule has 0 radical (unpaired) electrons. The van der Waals surface area contributed by atoms with Gasteiger partial charge in [0.15, 0.2) is 0 Å². The van der Waals surface area contributed by atoms with Gasteiger partial charge in [-0.2, -0.15) is 0 Å². The number of nitrogens with one attached hydrogen (secondary N) is 1. The number of aryl methyl sites for hydroxylation is 2. The summed E-state index contributed by atoms with van der Waals surface area (Å²) in [7, 11) is 0. The van der Waals surface area contributed by atoms with Crippen LogP contribution in [0.25, 0.3) is 0 Å². The fraction of sp³-hybridized carbons (Fsp3) is 0.471. The number of halogens is 1. The van der Waals surface area contributed by atoms with Crippen molar-refractivity contribution >= 4 is 17.5 Å². The van der Waals surface area contributed by atoms with Crippen molar-refractivity contribution in [2.45, 2.75) is 45.2 Å². The third-order valence-corrected chi connectivity index (χ3v) is 4.83. The van der Waals surface area contributed by atoms with Gasteiger partial charge in [0.05, 0.1) is 5.02 Å². The number of rotatable bonds is 4. The van der Waals surface area contributed by atoms with Crippen molar-refractivity contribution in [3.8, 4) is 0 Å². The smallest absolute Gasteiger partial charge is 0.260 e. The van der Waals surface area contributed by atoms with Gasteiger partial charge in [-0.3, -0.25) is 9.59 Å². The highest BCUT2D eigenvalue weighted by molar-refractivity contribution is 6.30. The van der Waals surface area contributed by atoms with Crippen LogP contribution in [0.2, 0.25) is 5.02 Å². The molecule has 1 amide bonds. The molecule has 1 atom stereocenters. The summed E-state index contributed by atoms with van der Waals surface area (Å²) in [6, 6.07) is 1.58. The number of amides is 1. The maximum absolute atomic E-state index is 12.8. The minimum Gasteiger partial charge on any atom is -0.335 e. The highest BCUT2D eigenvalue weighted by Gasteiger charge is 2.28. The van der Waals surface area contributed by atoms with E-state index in [1.165, 1.54) is 12.3 Å². The number of nitrogens with zero attached hydrogens (tertiary/aromatic N) is 3. The number of H-pyrrole nitrogens is 1. The number of pyridine rings is 1. The Morgan fingerprint density at radius 2 is 2.29 bits per heavy atom. The van der Waals surface area contributed by atoms with E-state index in [1.54, 1.807) is 6.20 Å². The number of imidazole rings is 1. The molecule has 1 N–H and O–H groups in total. The van der Waals surface area contributed by atoms with Gasteiger partial charge in [-0.1, -0.05) is 11.6 Å². The van der Waals surface area contributed by atoms with Crippen LogP contribution in [-0.2, 0) is 6.54 Å². The van der Waals surface area contributed by atoms with Gasteiger partial charge in [0, 0.05) is 37.7 Å². The first kappa shape index (κ1) is 16.8. The van der Waals surface area contributed by atoms with Gasteiger partial charge in [-0.05, 0) is 38.7 Å². The van der Waals surface area contributed by atoms with E-state index >= 15 is 0 Å². The number of hydrogen-bond donors (Lipinski definition) is 1. The number of aromatic amines is 1. The molecule has 3 heterocycles.